The Bertz CT molecular complexity index is 884. The number of likely N-dealkylation sites (tertiary alicyclic amines) is 1. The minimum atomic E-state index is -5.08. The molecule has 2 aromatic heterocycles. The van der Waals surface area contributed by atoms with Crippen LogP contribution in [-0.2, 0) is 23.1 Å². The van der Waals surface area contributed by atoms with Gasteiger partial charge in [-0.25, -0.2) is 14.8 Å². The number of aliphatic carboxylic acids is 1. The highest BCUT2D eigenvalue weighted by Gasteiger charge is 2.48. The number of carbonyl (C=O) groups is 1. The number of aromatic nitrogens is 4. The van der Waals surface area contributed by atoms with E-state index >= 15 is 0 Å². The SMILES string of the molecule is Cc1cc(CN2CC3(CC(Oc4ncccn4)CCO3)C2)n(C)n1.O=C(O)C(F)(F)F. The average molecular weight is 443 g/mol. The number of alkyl halides is 3. The maximum atomic E-state index is 10.6. The summed E-state index contributed by atoms with van der Waals surface area (Å²) in [6.45, 7) is 5.55. The Labute approximate surface area is 176 Å². The Morgan fingerprint density at radius 3 is 2.55 bits per heavy atom. The molecule has 0 saturated carbocycles. The van der Waals surface area contributed by atoms with E-state index in [0.29, 0.717) is 6.01 Å². The Morgan fingerprint density at radius 2 is 2.00 bits per heavy atom. The summed E-state index contributed by atoms with van der Waals surface area (Å²) in [7, 11) is 2.00. The molecule has 0 radical (unpaired) electrons. The van der Waals surface area contributed by atoms with Crippen LogP contribution in [0.25, 0.3) is 0 Å². The van der Waals surface area contributed by atoms with Crippen molar-refractivity contribution in [3.63, 3.8) is 0 Å². The number of aryl methyl sites for hydroxylation is 2. The van der Waals surface area contributed by atoms with Crippen molar-refractivity contribution in [2.75, 3.05) is 19.7 Å². The molecule has 2 aliphatic rings. The fourth-order valence-electron chi connectivity index (χ4n) is 3.72. The average Bonchev–Trinajstić information content (AvgIpc) is 2.98. The van der Waals surface area contributed by atoms with Crippen LogP contribution in [0.15, 0.2) is 24.5 Å². The van der Waals surface area contributed by atoms with E-state index in [-0.39, 0.29) is 11.7 Å². The van der Waals surface area contributed by atoms with Gasteiger partial charge in [0.15, 0.2) is 0 Å². The first kappa shape index (κ1) is 22.9. The second kappa shape index (κ2) is 9.18. The molecule has 1 unspecified atom stereocenters. The lowest BCUT2D eigenvalue weighted by molar-refractivity contribution is -0.192. The van der Waals surface area contributed by atoms with Crippen LogP contribution in [0.3, 0.4) is 0 Å². The number of rotatable bonds is 4. The third-order valence-electron chi connectivity index (χ3n) is 5.01. The molecule has 1 N–H and O–H groups in total. The minimum Gasteiger partial charge on any atom is -0.475 e. The summed E-state index contributed by atoms with van der Waals surface area (Å²) in [5.74, 6) is -2.76. The van der Waals surface area contributed by atoms with E-state index in [2.05, 4.69) is 26.0 Å². The Balaban J connectivity index is 0.000000339. The topological polar surface area (TPSA) is 103 Å². The standard InChI is InChI=1S/C17H23N5O2.C2HF3O2/c1-13-8-14(21(2)20-13)10-22-11-17(12-22)9-15(4-7-23-17)24-16-18-5-3-6-19-16;3-2(4,5)1(6)7/h3,5-6,8,15H,4,7,9-12H2,1-2H3;(H,6,7). The molecule has 12 heteroatoms. The van der Waals surface area contributed by atoms with Crippen molar-refractivity contribution >= 4 is 5.97 Å². The van der Waals surface area contributed by atoms with Crippen molar-refractivity contribution in [1.82, 2.24) is 24.6 Å². The second-order valence-corrected chi connectivity index (χ2v) is 7.64. The van der Waals surface area contributed by atoms with Crippen LogP contribution in [0, 0.1) is 6.92 Å². The van der Waals surface area contributed by atoms with Gasteiger partial charge in [0.05, 0.1) is 23.6 Å². The number of nitrogens with zero attached hydrogens (tertiary/aromatic N) is 5. The minimum absolute atomic E-state index is 0.0780. The summed E-state index contributed by atoms with van der Waals surface area (Å²) in [6, 6.07) is 4.40. The molecule has 2 aromatic rings. The van der Waals surface area contributed by atoms with E-state index in [1.807, 2.05) is 18.7 Å². The van der Waals surface area contributed by atoms with Crippen molar-refractivity contribution in [3.8, 4) is 6.01 Å². The van der Waals surface area contributed by atoms with Gasteiger partial charge < -0.3 is 14.6 Å². The molecule has 2 fully saturated rings. The van der Waals surface area contributed by atoms with Crippen molar-refractivity contribution in [1.29, 1.82) is 0 Å². The van der Waals surface area contributed by atoms with E-state index in [0.717, 1.165) is 44.8 Å². The van der Waals surface area contributed by atoms with Crippen LogP contribution in [0.5, 0.6) is 6.01 Å². The van der Waals surface area contributed by atoms with Gasteiger partial charge in [-0.15, -0.1) is 0 Å². The molecule has 2 aliphatic heterocycles. The summed E-state index contributed by atoms with van der Waals surface area (Å²) in [5.41, 5.74) is 2.22. The quantitative estimate of drug-likeness (QED) is 0.765. The van der Waals surface area contributed by atoms with Gasteiger partial charge in [0.25, 0.3) is 0 Å². The number of halogens is 3. The number of hydrogen-bond acceptors (Lipinski definition) is 7. The summed E-state index contributed by atoms with van der Waals surface area (Å²) < 4.78 is 45.7. The normalized spacial score (nSPS) is 20.5. The zero-order chi connectivity index (χ0) is 22.6. The largest absolute Gasteiger partial charge is 0.490 e. The molecular weight excluding hydrogens is 419 g/mol. The molecule has 4 heterocycles. The van der Waals surface area contributed by atoms with Crippen LogP contribution in [0.1, 0.15) is 24.2 Å². The second-order valence-electron chi connectivity index (χ2n) is 7.64. The van der Waals surface area contributed by atoms with Gasteiger partial charge in [-0.1, -0.05) is 0 Å². The van der Waals surface area contributed by atoms with Crippen LogP contribution in [0.4, 0.5) is 13.2 Å². The van der Waals surface area contributed by atoms with Crippen molar-refractivity contribution in [3.05, 3.63) is 35.9 Å². The van der Waals surface area contributed by atoms with Gasteiger partial charge in [0.2, 0.25) is 0 Å². The maximum Gasteiger partial charge on any atom is 0.490 e. The highest BCUT2D eigenvalue weighted by atomic mass is 19.4. The molecule has 1 atom stereocenters. The molecule has 1 spiro atoms. The van der Waals surface area contributed by atoms with Gasteiger partial charge in [0.1, 0.15) is 6.10 Å². The Morgan fingerprint density at radius 1 is 1.35 bits per heavy atom. The van der Waals surface area contributed by atoms with Crippen molar-refractivity contribution < 1.29 is 32.5 Å². The molecule has 0 aliphatic carbocycles. The number of hydrogen-bond donors (Lipinski definition) is 1. The first-order valence-electron chi connectivity index (χ1n) is 9.66. The van der Waals surface area contributed by atoms with Crippen LogP contribution < -0.4 is 4.74 Å². The van der Waals surface area contributed by atoms with Gasteiger partial charge in [0, 0.05) is 51.9 Å². The highest BCUT2D eigenvalue weighted by molar-refractivity contribution is 5.73. The molecule has 0 aromatic carbocycles. The first-order valence-corrected chi connectivity index (χ1v) is 9.66. The van der Waals surface area contributed by atoms with E-state index in [1.165, 1.54) is 5.69 Å². The van der Waals surface area contributed by atoms with Crippen molar-refractivity contribution in [2.24, 2.45) is 7.05 Å². The lowest BCUT2D eigenvalue weighted by Gasteiger charge is -2.52. The molecule has 31 heavy (non-hydrogen) atoms. The summed E-state index contributed by atoms with van der Waals surface area (Å²) in [5, 5.41) is 11.5. The summed E-state index contributed by atoms with van der Waals surface area (Å²) in [6.07, 6.45) is 0.242. The van der Waals surface area contributed by atoms with Crippen LogP contribution in [-0.4, -0.2) is 73.3 Å². The summed E-state index contributed by atoms with van der Waals surface area (Å²) in [4.78, 5) is 19.6. The van der Waals surface area contributed by atoms with Gasteiger partial charge in [-0.2, -0.15) is 18.3 Å². The Hall–Kier alpha value is -2.73. The predicted molar refractivity (Wildman–Crippen MR) is 101 cm³/mol. The smallest absolute Gasteiger partial charge is 0.475 e. The third-order valence-corrected chi connectivity index (χ3v) is 5.01. The monoisotopic (exact) mass is 443 g/mol. The lowest BCUT2D eigenvalue weighted by Crippen LogP contribution is -2.65. The van der Waals surface area contributed by atoms with Gasteiger partial charge in [-0.05, 0) is 19.1 Å². The number of ether oxygens (including phenoxy) is 2. The third kappa shape index (κ3) is 6.14. The number of carboxylic acids is 1. The fourth-order valence-corrected chi connectivity index (χ4v) is 3.72. The zero-order valence-electron chi connectivity index (χ0n) is 17.2. The van der Waals surface area contributed by atoms with Crippen LogP contribution >= 0.6 is 0 Å². The molecule has 2 saturated heterocycles. The molecule has 170 valence electrons. The molecule has 0 bridgehead atoms. The van der Waals surface area contributed by atoms with Gasteiger partial charge >= 0.3 is 18.2 Å². The summed E-state index contributed by atoms with van der Waals surface area (Å²) >= 11 is 0. The van der Waals surface area contributed by atoms with E-state index < -0.39 is 12.1 Å². The van der Waals surface area contributed by atoms with Crippen molar-refractivity contribution in [2.45, 2.75) is 44.2 Å². The van der Waals surface area contributed by atoms with Gasteiger partial charge in [-0.3, -0.25) is 9.58 Å². The molecule has 0 amide bonds. The number of carboxylic acid groups (broad SMARTS) is 1. The maximum absolute atomic E-state index is 10.6. The van der Waals surface area contributed by atoms with E-state index in [4.69, 9.17) is 19.4 Å². The predicted octanol–water partition coefficient (Wildman–Crippen LogP) is 1.96. The van der Waals surface area contributed by atoms with E-state index in [9.17, 15) is 13.2 Å². The molecule has 4 rings (SSSR count). The fraction of sp³-hybridized carbons (Fsp3) is 0.579. The van der Waals surface area contributed by atoms with Crippen LogP contribution in [0.2, 0.25) is 0 Å². The first-order chi connectivity index (χ1) is 14.6. The highest BCUT2D eigenvalue weighted by Crippen LogP contribution is 2.36. The van der Waals surface area contributed by atoms with E-state index in [1.54, 1.807) is 18.5 Å². The molecule has 9 nitrogen and oxygen atoms in total. The molecular formula is C19H24F3N5O4. The lowest BCUT2D eigenvalue weighted by atomic mass is 9.84. The zero-order valence-corrected chi connectivity index (χ0v) is 17.2. The Kier molecular flexibility index (Phi) is 6.80.